The average molecular weight is 225 g/mol. The molecule has 0 amide bonds. The van der Waals surface area contributed by atoms with Gasteiger partial charge in [0.25, 0.3) is 0 Å². The summed E-state index contributed by atoms with van der Waals surface area (Å²) in [6.45, 7) is 4.79. The first-order valence-electron chi connectivity index (χ1n) is 6.75. The van der Waals surface area contributed by atoms with Gasteiger partial charge in [0.1, 0.15) is 0 Å². The van der Waals surface area contributed by atoms with E-state index in [1.165, 1.54) is 12.8 Å². The zero-order valence-corrected chi connectivity index (χ0v) is 10.2. The van der Waals surface area contributed by atoms with E-state index in [1.807, 2.05) is 0 Å². The predicted octanol–water partition coefficient (Wildman–Crippen LogP) is 1.40. The Balaban J connectivity index is 1.68. The quantitative estimate of drug-likeness (QED) is 0.771. The third-order valence-corrected chi connectivity index (χ3v) is 4.61. The monoisotopic (exact) mass is 225 g/mol. The Morgan fingerprint density at radius 1 is 1.31 bits per heavy atom. The van der Waals surface area contributed by atoms with Crippen molar-refractivity contribution in [3.8, 4) is 0 Å². The van der Waals surface area contributed by atoms with Crippen LogP contribution < -0.4 is 0 Å². The molecule has 1 saturated carbocycles. The standard InChI is InChI=1S/C13H23NO2/c1-10-7-13(15,9-14(10)12-4-5-12)11-3-2-6-16-8-11/h10-12,15H,2-9H2,1H3. The minimum atomic E-state index is -0.470. The number of aliphatic hydroxyl groups is 1. The van der Waals surface area contributed by atoms with Gasteiger partial charge < -0.3 is 9.84 Å². The van der Waals surface area contributed by atoms with Gasteiger partial charge in [-0.05, 0) is 39.0 Å². The highest BCUT2D eigenvalue weighted by Crippen LogP contribution is 2.42. The van der Waals surface area contributed by atoms with Crippen LogP contribution in [-0.2, 0) is 4.74 Å². The Labute approximate surface area is 97.8 Å². The topological polar surface area (TPSA) is 32.7 Å². The first kappa shape index (κ1) is 11.0. The smallest absolute Gasteiger partial charge is 0.0839 e. The van der Waals surface area contributed by atoms with Crippen LogP contribution in [0.2, 0.25) is 0 Å². The van der Waals surface area contributed by atoms with Gasteiger partial charge in [0.15, 0.2) is 0 Å². The highest BCUT2D eigenvalue weighted by molar-refractivity contribution is 5.03. The molecule has 16 heavy (non-hydrogen) atoms. The fraction of sp³-hybridized carbons (Fsp3) is 1.00. The molecule has 0 radical (unpaired) electrons. The van der Waals surface area contributed by atoms with E-state index in [0.717, 1.165) is 45.1 Å². The van der Waals surface area contributed by atoms with Crippen molar-refractivity contribution in [2.75, 3.05) is 19.8 Å². The van der Waals surface area contributed by atoms with E-state index in [9.17, 15) is 5.11 Å². The van der Waals surface area contributed by atoms with Gasteiger partial charge in [-0.3, -0.25) is 4.90 Å². The molecule has 2 aliphatic heterocycles. The van der Waals surface area contributed by atoms with E-state index in [0.29, 0.717) is 12.0 Å². The van der Waals surface area contributed by atoms with Crippen molar-refractivity contribution in [3.05, 3.63) is 0 Å². The first-order chi connectivity index (χ1) is 7.69. The summed E-state index contributed by atoms with van der Waals surface area (Å²) in [6.07, 6.45) is 5.87. The molecule has 2 heterocycles. The lowest BCUT2D eigenvalue weighted by Crippen LogP contribution is -2.44. The molecule has 3 aliphatic rings. The van der Waals surface area contributed by atoms with Gasteiger partial charge in [0.2, 0.25) is 0 Å². The molecule has 0 aromatic carbocycles. The molecule has 2 saturated heterocycles. The maximum atomic E-state index is 10.8. The first-order valence-corrected chi connectivity index (χ1v) is 6.75. The molecule has 1 aliphatic carbocycles. The van der Waals surface area contributed by atoms with Crippen LogP contribution in [0, 0.1) is 5.92 Å². The van der Waals surface area contributed by atoms with E-state index < -0.39 is 5.60 Å². The van der Waals surface area contributed by atoms with Crippen molar-refractivity contribution >= 4 is 0 Å². The van der Waals surface area contributed by atoms with Crippen LogP contribution >= 0.6 is 0 Å². The van der Waals surface area contributed by atoms with Gasteiger partial charge in [-0.15, -0.1) is 0 Å². The van der Waals surface area contributed by atoms with Crippen LogP contribution in [0.25, 0.3) is 0 Å². The normalized spacial score (nSPS) is 46.1. The van der Waals surface area contributed by atoms with Gasteiger partial charge in [0, 0.05) is 31.2 Å². The summed E-state index contributed by atoms with van der Waals surface area (Å²) in [6, 6.07) is 1.33. The molecule has 3 nitrogen and oxygen atoms in total. The largest absolute Gasteiger partial charge is 0.388 e. The molecule has 3 rings (SSSR count). The van der Waals surface area contributed by atoms with E-state index >= 15 is 0 Å². The van der Waals surface area contributed by atoms with Crippen LogP contribution in [0.5, 0.6) is 0 Å². The van der Waals surface area contributed by atoms with Crippen molar-refractivity contribution in [1.82, 2.24) is 4.90 Å². The summed E-state index contributed by atoms with van der Waals surface area (Å²) in [5, 5.41) is 10.8. The van der Waals surface area contributed by atoms with Crippen molar-refractivity contribution in [2.45, 2.75) is 56.7 Å². The minimum absolute atomic E-state index is 0.368. The molecule has 1 N–H and O–H groups in total. The van der Waals surface area contributed by atoms with Crippen molar-refractivity contribution < 1.29 is 9.84 Å². The molecule has 3 unspecified atom stereocenters. The Morgan fingerprint density at radius 3 is 2.75 bits per heavy atom. The molecular weight excluding hydrogens is 202 g/mol. The van der Waals surface area contributed by atoms with E-state index in [2.05, 4.69) is 11.8 Å². The van der Waals surface area contributed by atoms with Gasteiger partial charge in [0.05, 0.1) is 12.2 Å². The molecule has 0 aromatic rings. The Bertz CT molecular complexity index is 261. The zero-order chi connectivity index (χ0) is 11.2. The number of hydrogen-bond acceptors (Lipinski definition) is 3. The van der Waals surface area contributed by atoms with Gasteiger partial charge in [-0.1, -0.05) is 0 Å². The molecule has 3 fully saturated rings. The fourth-order valence-electron chi connectivity index (χ4n) is 3.52. The van der Waals surface area contributed by atoms with Gasteiger partial charge in [-0.25, -0.2) is 0 Å². The van der Waals surface area contributed by atoms with Gasteiger partial charge >= 0.3 is 0 Å². The van der Waals surface area contributed by atoms with Crippen LogP contribution in [-0.4, -0.2) is 47.4 Å². The molecule has 0 aromatic heterocycles. The summed E-state index contributed by atoms with van der Waals surface area (Å²) in [4.78, 5) is 2.52. The average Bonchev–Trinajstić information content (AvgIpc) is 3.07. The lowest BCUT2D eigenvalue weighted by Gasteiger charge is -2.35. The lowest BCUT2D eigenvalue weighted by atomic mass is 9.82. The molecule has 3 atom stereocenters. The van der Waals surface area contributed by atoms with Crippen LogP contribution in [0.4, 0.5) is 0 Å². The molecule has 3 heteroatoms. The van der Waals surface area contributed by atoms with Crippen LogP contribution in [0.3, 0.4) is 0 Å². The summed E-state index contributed by atoms with van der Waals surface area (Å²) >= 11 is 0. The predicted molar refractivity (Wildman–Crippen MR) is 62.3 cm³/mol. The number of nitrogens with zero attached hydrogens (tertiary/aromatic N) is 1. The van der Waals surface area contributed by atoms with E-state index in [-0.39, 0.29) is 0 Å². The summed E-state index contributed by atoms with van der Waals surface area (Å²) in [5.41, 5.74) is -0.470. The van der Waals surface area contributed by atoms with Crippen LogP contribution in [0.1, 0.15) is 39.0 Å². The molecule has 0 spiro atoms. The van der Waals surface area contributed by atoms with E-state index in [1.54, 1.807) is 0 Å². The summed E-state index contributed by atoms with van der Waals surface area (Å²) < 4.78 is 5.53. The maximum absolute atomic E-state index is 10.8. The second kappa shape index (κ2) is 3.97. The summed E-state index contributed by atoms with van der Waals surface area (Å²) in [7, 11) is 0. The molecule has 0 bridgehead atoms. The molecular formula is C13H23NO2. The third-order valence-electron chi connectivity index (χ3n) is 4.61. The number of β-amino-alcohol motifs (C(OH)–C–C–N with tert-alkyl or cyclic N) is 1. The fourth-order valence-corrected chi connectivity index (χ4v) is 3.52. The number of hydrogen-bond donors (Lipinski definition) is 1. The second-order valence-electron chi connectivity index (χ2n) is 5.97. The Kier molecular flexibility index (Phi) is 2.73. The summed E-state index contributed by atoms with van der Waals surface area (Å²) in [5.74, 6) is 0.368. The number of ether oxygens (including phenoxy) is 1. The number of rotatable bonds is 2. The maximum Gasteiger partial charge on any atom is 0.0839 e. The van der Waals surface area contributed by atoms with Crippen LogP contribution in [0.15, 0.2) is 0 Å². The lowest BCUT2D eigenvalue weighted by molar-refractivity contribution is -0.0722. The van der Waals surface area contributed by atoms with Crippen molar-refractivity contribution in [3.63, 3.8) is 0 Å². The zero-order valence-electron chi connectivity index (χ0n) is 10.2. The Morgan fingerprint density at radius 2 is 2.12 bits per heavy atom. The number of likely N-dealkylation sites (tertiary alicyclic amines) is 1. The highest BCUT2D eigenvalue weighted by Gasteiger charge is 2.49. The van der Waals surface area contributed by atoms with Crippen molar-refractivity contribution in [1.29, 1.82) is 0 Å². The van der Waals surface area contributed by atoms with Crippen molar-refractivity contribution in [2.24, 2.45) is 5.92 Å². The second-order valence-corrected chi connectivity index (χ2v) is 5.97. The SMILES string of the molecule is CC1CC(O)(C2CCCOC2)CN1C1CC1. The Hall–Kier alpha value is -0.120. The molecule has 92 valence electrons. The van der Waals surface area contributed by atoms with E-state index in [4.69, 9.17) is 4.74 Å². The van der Waals surface area contributed by atoms with Gasteiger partial charge in [-0.2, -0.15) is 0 Å². The minimum Gasteiger partial charge on any atom is -0.388 e. The highest BCUT2D eigenvalue weighted by atomic mass is 16.5. The third kappa shape index (κ3) is 1.89.